The lowest BCUT2D eigenvalue weighted by molar-refractivity contribution is -0.174. The molecule has 1 aromatic rings. The average Bonchev–Trinajstić information content (AvgIpc) is 3.43. The highest BCUT2D eigenvalue weighted by atomic mass is 32.2. The van der Waals surface area contributed by atoms with Gasteiger partial charge in [0.1, 0.15) is 0 Å². The summed E-state index contributed by atoms with van der Waals surface area (Å²) in [5.41, 5.74) is 0.388. The van der Waals surface area contributed by atoms with Crippen LogP contribution in [0.25, 0.3) is 0 Å². The number of rotatable bonds is 6. The number of nitrogens with zero attached hydrogens (tertiary/aromatic N) is 2. The van der Waals surface area contributed by atoms with Crippen LogP contribution in [0.2, 0.25) is 0 Å². The van der Waals surface area contributed by atoms with Crippen molar-refractivity contribution in [2.75, 3.05) is 5.32 Å². The maximum Gasteiger partial charge on any atom is 0.267 e. The number of anilines is 1. The standard InChI is InChI=1S/C26H42N4O5S2/c1-14(4-7-21(33)28-23-29-30-24(36-23)37(27,34)35)17-5-6-18-22-19(9-11-26(17,18)3)25(2)10-8-16(31)12-15(25)13-20(22)32/h14-20,22,31-32H,4-13H2,1-3H3,(H2,27,34,35)(H,28,29,33)/t14-,15+,16-,17-,18+,19+,20+,22+,25+,26-/m1/s1. The van der Waals surface area contributed by atoms with Crippen molar-refractivity contribution in [3.8, 4) is 0 Å². The summed E-state index contributed by atoms with van der Waals surface area (Å²) in [4.78, 5) is 12.6. The summed E-state index contributed by atoms with van der Waals surface area (Å²) >= 11 is 0.756. The minimum atomic E-state index is -3.93. The van der Waals surface area contributed by atoms with Crippen LogP contribution < -0.4 is 10.5 Å². The van der Waals surface area contributed by atoms with Crippen molar-refractivity contribution in [1.82, 2.24) is 10.2 Å². The van der Waals surface area contributed by atoms with Crippen molar-refractivity contribution in [2.45, 2.75) is 102 Å². The van der Waals surface area contributed by atoms with Crippen LogP contribution in [0, 0.1) is 46.3 Å². The summed E-state index contributed by atoms with van der Waals surface area (Å²) in [5, 5.41) is 36.8. The van der Waals surface area contributed by atoms with Crippen molar-refractivity contribution in [3.05, 3.63) is 0 Å². The number of carbonyl (C=O) groups is 1. The van der Waals surface area contributed by atoms with E-state index in [0.29, 0.717) is 41.9 Å². The molecule has 0 bridgehead atoms. The highest BCUT2D eigenvalue weighted by molar-refractivity contribution is 7.91. The number of carbonyl (C=O) groups excluding carboxylic acids is 1. The predicted molar refractivity (Wildman–Crippen MR) is 141 cm³/mol. The third-order valence-corrected chi connectivity index (χ3v) is 13.3. The molecule has 4 fully saturated rings. The first-order valence-electron chi connectivity index (χ1n) is 13.8. The zero-order chi connectivity index (χ0) is 26.8. The van der Waals surface area contributed by atoms with Gasteiger partial charge in [-0.1, -0.05) is 32.1 Å². The van der Waals surface area contributed by atoms with Crippen LogP contribution in [0.4, 0.5) is 5.13 Å². The molecule has 1 aromatic heterocycles. The molecule has 0 aliphatic heterocycles. The lowest BCUT2D eigenvalue weighted by Crippen LogP contribution is -2.58. The number of primary sulfonamides is 1. The number of aliphatic hydroxyl groups excluding tert-OH is 2. The van der Waals surface area contributed by atoms with Crippen LogP contribution in [0.3, 0.4) is 0 Å². The quantitative estimate of drug-likeness (QED) is 0.392. The Labute approximate surface area is 224 Å². The Hall–Kier alpha value is -1.14. The molecule has 4 aliphatic carbocycles. The van der Waals surface area contributed by atoms with Gasteiger partial charge < -0.3 is 15.5 Å². The highest BCUT2D eigenvalue weighted by Gasteiger charge is 2.62. The number of nitrogens with one attached hydrogen (secondary N) is 1. The largest absolute Gasteiger partial charge is 0.393 e. The molecule has 37 heavy (non-hydrogen) atoms. The Bertz CT molecular complexity index is 1130. The Morgan fingerprint density at radius 3 is 2.51 bits per heavy atom. The smallest absolute Gasteiger partial charge is 0.267 e. The molecule has 1 amide bonds. The monoisotopic (exact) mass is 554 g/mol. The van der Waals surface area contributed by atoms with Gasteiger partial charge in [0.2, 0.25) is 15.4 Å². The van der Waals surface area contributed by atoms with Crippen LogP contribution in [0.5, 0.6) is 0 Å². The summed E-state index contributed by atoms with van der Waals surface area (Å²) in [7, 11) is -3.93. The third-order valence-electron chi connectivity index (χ3n) is 11.1. The van der Waals surface area contributed by atoms with Crippen LogP contribution >= 0.6 is 11.3 Å². The van der Waals surface area contributed by atoms with Crippen molar-refractivity contribution in [3.63, 3.8) is 0 Å². The number of hydrogen-bond acceptors (Lipinski definition) is 8. The highest BCUT2D eigenvalue weighted by Crippen LogP contribution is 2.68. The van der Waals surface area contributed by atoms with E-state index in [2.05, 4.69) is 36.3 Å². The van der Waals surface area contributed by atoms with E-state index < -0.39 is 10.0 Å². The van der Waals surface area contributed by atoms with E-state index in [-0.39, 0.29) is 38.4 Å². The summed E-state index contributed by atoms with van der Waals surface area (Å²) < 4.78 is 22.5. The molecule has 1 heterocycles. The maximum atomic E-state index is 12.6. The molecule has 0 radical (unpaired) electrons. The van der Waals surface area contributed by atoms with Crippen molar-refractivity contribution in [1.29, 1.82) is 0 Å². The molecule has 4 aliphatic rings. The van der Waals surface area contributed by atoms with E-state index in [4.69, 9.17) is 5.14 Å². The second kappa shape index (κ2) is 9.80. The number of aromatic nitrogens is 2. The van der Waals surface area contributed by atoms with Gasteiger partial charge in [-0.2, -0.15) is 0 Å². The minimum absolute atomic E-state index is 0.140. The topological polar surface area (TPSA) is 155 Å². The first-order chi connectivity index (χ1) is 17.3. The van der Waals surface area contributed by atoms with Gasteiger partial charge in [-0.25, -0.2) is 13.6 Å². The fourth-order valence-electron chi connectivity index (χ4n) is 9.29. The number of aliphatic hydroxyl groups is 2. The molecular weight excluding hydrogens is 512 g/mol. The number of nitrogens with two attached hydrogens (primary N) is 1. The van der Waals surface area contributed by atoms with Gasteiger partial charge >= 0.3 is 0 Å². The van der Waals surface area contributed by atoms with E-state index in [0.717, 1.165) is 62.7 Å². The van der Waals surface area contributed by atoms with Gasteiger partial charge in [0.05, 0.1) is 12.2 Å². The molecule has 5 N–H and O–H groups in total. The number of fused-ring (bicyclic) bond motifs is 5. The molecule has 4 saturated carbocycles. The van der Waals surface area contributed by atoms with Crippen LogP contribution in [-0.2, 0) is 14.8 Å². The summed E-state index contributed by atoms with van der Waals surface area (Å²) in [5.74, 6) is 2.45. The number of hydrogen-bond donors (Lipinski definition) is 4. The molecule has 0 saturated heterocycles. The molecule has 208 valence electrons. The van der Waals surface area contributed by atoms with Gasteiger partial charge in [0, 0.05) is 6.42 Å². The zero-order valence-electron chi connectivity index (χ0n) is 22.1. The van der Waals surface area contributed by atoms with Gasteiger partial charge in [-0.3, -0.25) is 4.79 Å². The zero-order valence-corrected chi connectivity index (χ0v) is 23.7. The summed E-state index contributed by atoms with van der Waals surface area (Å²) in [6.07, 6.45) is 8.76. The van der Waals surface area contributed by atoms with Gasteiger partial charge in [0.25, 0.3) is 10.0 Å². The van der Waals surface area contributed by atoms with E-state index in [9.17, 15) is 23.4 Å². The molecule has 0 unspecified atom stereocenters. The lowest BCUT2D eigenvalue weighted by Gasteiger charge is -2.62. The number of sulfonamides is 1. The third kappa shape index (κ3) is 4.88. The van der Waals surface area contributed by atoms with E-state index in [1.807, 2.05) is 0 Å². The summed E-state index contributed by atoms with van der Waals surface area (Å²) in [6.45, 7) is 7.12. The van der Waals surface area contributed by atoms with Crippen LogP contribution in [0.1, 0.15) is 85.0 Å². The van der Waals surface area contributed by atoms with Crippen molar-refractivity contribution >= 4 is 32.4 Å². The average molecular weight is 555 g/mol. The normalized spacial score (nSPS) is 42.4. The van der Waals surface area contributed by atoms with Crippen molar-refractivity contribution in [2.24, 2.45) is 51.5 Å². The van der Waals surface area contributed by atoms with E-state index in [1.54, 1.807) is 0 Å². The van der Waals surface area contributed by atoms with Crippen molar-refractivity contribution < 1.29 is 23.4 Å². The Morgan fingerprint density at radius 2 is 1.81 bits per heavy atom. The van der Waals surface area contributed by atoms with Gasteiger partial charge in [-0.05, 0) is 104 Å². The van der Waals surface area contributed by atoms with E-state index >= 15 is 0 Å². The first-order valence-corrected chi connectivity index (χ1v) is 16.2. The fourth-order valence-corrected chi connectivity index (χ4v) is 10.6. The minimum Gasteiger partial charge on any atom is -0.393 e. The SMILES string of the molecule is C[C@H](CCC(=O)Nc1nnc(S(N)(=O)=O)s1)[C@H]1CC[C@H]2[C@@H]3[C@@H](O)C[C@@H]4C[C@H](O)CC[C@]4(C)[C@H]3CC[C@]12C. The summed E-state index contributed by atoms with van der Waals surface area (Å²) in [6, 6.07) is 0. The number of amides is 1. The van der Waals surface area contributed by atoms with E-state index in [1.165, 1.54) is 6.42 Å². The molecule has 10 atom stereocenters. The van der Waals surface area contributed by atoms with Crippen LogP contribution in [0.15, 0.2) is 4.34 Å². The molecular formula is C26H42N4O5S2. The van der Waals surface area contributed by atoms with Crippen LogP contribution in [-0.4, -0.2) is 46.9 Å². The Kier molecular flexibility index (Phi) is 7.26. The molecule has 11 heteroatoms. The predicted octanol–water partition coefficient (Wildman–Crippen LogP) is 3.53. The Morgan fingerprint density at radius 1 is 1.11 bits per heavy atom. The van der Waals surface area contributed by atoms with Gasteiger partial charge in [-0.15, -0.1) is 10.2 Å². The lowest BCUT2D eigenvalue weighted by atomic mass is 9.43. The fraction of sp³-hybridized carbons (Fsp3) is 0.885. The first kappa shape index (κ1) is 27.4. The molecule has 5 rings (SSSR count). The van der Waals surface area contributed by atoms with Gasteiger partial charge in [0.15, 0.2) is 0 Å². The second-order valence-corrected chi connectivity index (χ2v) is 15.6. The second-order valence-electron chi connectivity index (χ2n) is 12.9. The maximum absolute atomic E-state index is 12.6. The molecule has 9 nitrogen and oxygen atoms in total. The molecule has 0 spiro atoms. The molecule has 0 aromatic carbocycles. The Balaban J connectivity index is 1.22.